The van der Waals surface area contributed by atoms with E-state index < -0.39 is 0 Å². The molecule has 0 aliphatic heterocycles. The van der Waals surface area contributed by atoms with Crippen LogP contribution in [0.2, 0.25) is 0 Å². The molecule has 50 heavy (non-hydrogen) atoms. The van der Waals surface area contributed by atoms with E-state index in [-0.39, 0.29) is 0 Å². The minimum Gasteiger partial charge on any atom is -0.310 e. The molecule has 3 nitrogen and oxygen atoms in total. The Hall–Kier alpha value is -6.71. The van der Waals surface area contributed by atoms with E-state index in [2.05, 4.69) is 197 Å². The van der Waals surface area contributed by atoms with Crippen LogP contribution < -0.4 is 4.90 Å². The average Bonchev–Trinajstić information content (AvgIpc) is 3.59. The highest BCUT2D eigenvalue weighted by Crippen LogP contribution is 2.40. The molecule has 0 N–H and O–H groups in total. The van der Waals surface area contributed by atoms with Crippen LogP contribution in [0.15, 0.2) is 200 Å². The Morgan fingerprint density at radius 3 is 1.78 bits per heavy atom. The summed E-state index contributed by atoms with van der Waals surface area (Å²) < 4.78 is 2.19. The molecule has 2 heterocycles. The third-order valence-electron chi connectivity index (χ3n) is 9.41. The minimum absolute atomic E-state index is 0.924. The lowest BCUT2D eigenvalue weighted by molar-refractivity contribution is 1.19. The summed E-state index contributed by atoms with van der Waals surface area (Å²) in [5, 5.41) is 2.53. The molecule has 3 heteroatoms. The Labute approximate surface area is 292 Å². The van der Waals surface area contributed by atoms with Gasteiger partial charge in [0.1, 0.15) is 5.65 Å². The van der Waals surface area contributed by atoms with Crippen LogP contribution in [0.1, 0.15) is 0 Å². The minimum atomic E-state index is 0.924. The molecule has 0 radical (unpaired) electrons. The highest BCUT2D eigenvalue weighted by molar-refractivity contribution is 5.97. The number of rotatable bonds is 7. The highest BCUT2D eigenvalue weighted by Gasteiger charge is 2.19. The fourth-order valence-electron chi connectivity index (χ4n) is 7.01. The number of benzene rings is 7. The first-order valence-corrected chi connectivity index (χ1v) is 17.0. The predicted molar refractivity (Wildman–Crippen MR) is 209 cm³/mol. The van der Waals surface area contributed by atoms with Crippen LogP contribution in [0, 0.1) is 0 Å². The lowest BCUT2D eigenvalue weighted by atomic mass is 9.96. The molecule has 0 spiro atoms. The van der Waals surface area contributed by atoms with Gasteiger partial charge in [-0.1, -0.05) is 146 Å². The Balaban J connectivity index is 1.09. The van der Waals surface area contributed by atoms with E-state index >= 15 is 0 Å². The predicted octanol–water partition coefficient (Wildman–Crippen LogP) is 12.6. The number of para-hydroxylation sites is 1. The molecule has 9 rings (SSSR count). The number of fused-ring (bicyclic) bond motifs is 2. The van der Waals surface area contributed by atoms with E-state index in [1.165, 1.54) is 33.0 Å². The Bertz CT molecular complexity index is 2560. The summed E-state index contributed by atoms with van der Waals surface area (Å²) in [6.45, 7) is 0. The van der Waals surface area contributed by atoms with Gasteiger partial charge in [-0.25, -0.2) is 4.98 Å². The van der Waals surface area contributed by atoms with Gasteiger partial charge in [0, 0.05) is 34.4 Å². The second-order valence-electron chi connectivity index (χ2n) is 12.5. The van der Waals surface area contributed by atoms with Crippen molar-refractivity contribution in [1.29, 1.82) is 0 Å². The molecule has 0 saturated heterocycles. The van der Waals surface area contributed by atoms with Gasteiger partial charge >= 0.3 is 0 Å². The first kappa shape index (κ1) is 29.4. The molecule has 7 aromatic carbocycles. The van der Waals surface area contributed by atoms with Crippen LogP contribution in [-0.4, -0.2) is 9.38 Å². The number of hydrogen-bond acceptors (Lipinski definition) is 2. The number of hydrogen-bond donors (Lipinski definition) is 0. The van der Waals surface area contributed by atoms with Crippen LogP contribution in [0.25, 0.3) is 61.2 Å². The molecule has 236 valence electrons. The first-order chi connectivity index (χ1) is 24.8. The van der Waals surface area contributed by atoms with Crippen LogP contribution >= 0.6 is 0 Å². The summed E-state index contributed by atoms with van der Waals surface area (Å²) in [5.74, 6) is 0. The topological polar surface area (TPSA) is 20.5 Å². The maximum atomic E-state index is 5.07. The molecule has 0 fully saturated rings. The second-order valence-corrected chi connectivity index (χ2v) is 12.5. The molecular formula is C47H33N3. The van der Waals surface area contributed by atoms with Gasteiger partial charge in [0.05, 0.1) is 11.4 Å². The smallest absolute Gasteiger partial charge is 0.137 e. The van der Waals surface area contributed by atoms with Crippen LogP contribution in [-0.2, 0) is 0 Å². The average molecular weight is 640 g/mol. The fraction of sp³-hybridized carbons (Fsp3) is 0. The van der Waals surface area contributed by atoms with Crippen molar-refractivity contribution >= 4 is 33.5 Å². The van der Waals surface area contributed by atoms with E-state index in [4.69, 9.17) is 4.98 Å². The Morgan fingerprint density at radius 1 is 0.400 bits per heavy atom. The SMILES string of the molecule is c1ccc(-c2nc3ccccn3c2-c2cccc(N(c3ccccc3)c3ccc(-c4ccc(-c5cccc6ccccc56)cc4)cc3)c2)cc1. The number of pyridine rings is 1. The van der Waals surface area contributed by atoms with Crippen LogP contribution in [0.5, 0.6) is 0 Å². The summed E-state index contributed by atoms with van der Waals surface area (Å²) in [4.78, 5) is 7.40. The van der Waals surface area contributed by atoms with Crippen LogP contribution in [0.4, 0.5) is 17.1 Å². The van der Waals surface area contributed by atoms with E-state index in [1.807, 2.05) is 12.1 Å². The van der Waals surface area contributed by atoms with Gasteiger partial charge in [0.25, 0.3) is 0 Å². The number of anilines is 3. The maximum Gasteiger partial charge on any atom is 0.137 e. The van der Waals surface area contributed by atoms with Crippen molar-refractivity contribution < 1.29 is 0 Å². The largest absolute Gasteiger partial charge is 0.310 e. The zero-order valence-electron chi connectivity index (χ0n) is 27.4. The molecular weight excluding hydrogens is 607 g/mol. The molecule has 0 aliphatic rings. The summed E-state index contributed by atoms with van der Waals surface area (Å²) in [5.41, 5.74) is 13.3. The monoisotopic (exact) mass is 639 g/mol. The molecule has 0 saturated carbocycles. The summed E-state index contributed by atoms with van der Waals surface area (Å²) >= 11 is 0. The van der Waals surface area contributed by atoms with E-state index in [0.717, 1.165) is 45.2 Å². The second kappa shape index (κ2) is 12.7. The first-order valence-electron chi connectivity index (χ1n) is 17.0. The van der Waals surface area contributed by atoms with Crippen molar-refractivity contribution in [2.45, 2.75) is 0 Å². The van der Waals surface area contributed by atoms with E-state index in [1.54, 1.807) is 0 Å². The third-order valence-corrected chi connectivity index (χ3v) is 9.41. The van der Waals surface area contributed by atoms with Crippen molar-refractivity contribution in [2.75, 3.05) is 4.90 Å². The third kappa shape index (κ3) is 5.41. The highest BCUT2D eigenvalue weighted by atomic mass is 15.1. The number of aromatic nitrogens is 2. The Morgan fingerprint density at radius 2 is 0.980 bits per heavy atom. The molecule has 0 bridgehead atoms. The Kier molecular flexibility index (Phi) is 7.49. The van der Waals surface area contributed by atoms with Crippen molar-refractivity contribution in [2.24, 2.45) is 0 Å². The summed E-state index contributed by atoms with van der Waals surface area (Å²) in [6, 6.07) is 68.9. The molecule has 0 atom stereocenters. The van der Waals surface area contributed by atoms with Gasteiger partial charge in [-0.05, 0) is 81.6 Å². The quantitative estimate of drug-likeness (QED) is 0.173. The van der Waals surface area contributed by atoms with Gasteiger partial charge in [-0.15, -0.1) is 0 Å². The molecule has 0 aliphatic carbocycles. The van der Waals surface area contributed by atoms with Gasteiger partial charge in [-0.3, -0.25) is 4.40 Å². The lowest BCUT2D eigenvalue weighted by Crippen LogP contribution is -2.10. The van der Waals surface area contributed by atoms with Crippen LogP contribution in [0.3, 0.4) is 0 Å². The molecule has 0 unspecified atom stereocenters. The normalized spacial score (nSPS) is 11.2. The fourth-order valence-corrected chi connectivity index (χ4v) is 7.01. The summed E-state index contributed by atoms with van der Waals surface area (Å²) in [7, 11) is 0. The van der Waals surface area contributed by atoms with Crippen molar-refractivity contribution in [1.82, 2.24) is 9.38 Å². The van der Waals surface area contributed by atoms with E-state index in [9.17, 15) is 0 Å². The van der Waals surface area contributed by atoms with Crippen molar-refractivity contribution in [3.05, 3.63) is 200 Å². The van der Waals surface area contributed by atoms with Gasteiger partial charge in [0.15, 0.2) is 0 Å². The summed E-state index contributed by atoms with van der Waals surface area (Å²) in [6.07, 6.45) is 2.10. The lowest BCUT2D eigenvalue weighted by Gasteiger charge is -2.26. The number of nitrogens with zero attached hydrogens (tertiary/aromatic N) is 3. The van der Waals surface area contributed by atoms with Gasteiger partial charge in [-0.2, -0.15) is 0 Å². The molecule has 0 amide bonds. The zero-order chi connectivity index (χ0) is 33.3. The zero-order valence-corrected chi connectivity index (χ0v) is 27.4. The van der Waals surface area contributed by atoms with Gasteiger partial charge in [0.2, 0.25) is 0 Å². The van der Waals surface area contributed by atoms with Crippen molar-refractivity contribution in [3.8, 4) is 44.8 Å². The molecule has 9 aromatic rings. The standard InChI is InChI=1S/C47H33N3/c1-3-14-38(15-4-1)46-47(49-32-10-9-23-45(49)48-46)39-17-11-20-42(33-39)50(40-18-5-2-6-19-40)41-30-28-35(29-31-41)34-24-26-37(27-25-34)44-22-12-16-36-13-7-8-21-43(36)44/h1-33H. The molecule has 2 aromatic heterocycles. The van der Waals surface area contributed by atoms with Crippen molar-refractivity contribution in [3.63, 3.8) is 0 Å². The van der Waals surface area contributed by atoms with E-state index in [0.29, 0.717) is 0 Å². The maximum absolute atomic E-state index is 5.07. The number of imidazole rings is 1. The van der Waals surface area contributed by atoms with Gasteiger partial charge < -0.3 is 4.90 Å².